The third kappa shape index (κ3) is 7.48. The molecular formula is C27H26F2IN3O4. The van der Waals surface area contributed by atoms with Gasteiger partial charge in [-0.3, -0.25) is 4.79 Å². The number of aryl methyl sites for hydroxylation is 1. The molecule has 37 heavy (non-hydrogen) atoms. The average molecular weight is 621 g/mol. The summed E-state index contributed by atoms with van der Waals surface area (Å²) in [6.45, 7) is 3.50. The Morgan fingerprint density at radius 2 is 1.73 bits per heavy atom. The molecule has 1 amide bonds. The summed E-state index contributed by atoms with van der Waals surface area (Å²) in [5.41, 5.74) is 4.40. The van der Waals surface area contributed by atoms with Crippen molar-refractivity contribution >= 4 is 39.9 Å². The number of rotatable bonds is 10. The Hall–Kier alpha value is -3.54. The lowest BCUT2D eigenvalue weighted by Crippen LogP contribution is -2.29. The van der Waals surface area contributed by atoms with Crippen molar-refractivity contribution < 1.29 is 28.0 Å². The Bertz CT molecular complexity index is 1310. The van der Waals surface area contributed by atoms with Gasteiger partial charge in [0.05, 0.1) is 28.3 Å². The molecule has 0 bridgehead atoms. The molecule has 7 nitrogen and oxygen atoms in total. The highest BCUT2D eigenvalue weighted by molar-refractivity contribution is 14.1. The van der Waals surface area contributed by atoms with Crippen molar-refractivity contribution in [2.24, 2.45) is 10.3 Å². The van der Waals surface area contributed by atoms with E-state index in [4.69, 9.17) is 14.4 Å². The van der Waals surface area contributed by atoms with Gasteiger partial charge in [0.15, 0.2) is 5.71 Å². The molecule has 0 aliphatic carbocycles. The molecule has 0 heterocycles. The summed E-state index contributed by atoms with van der Waals surface area (Å²) < 4.78 is 29.2. The summed E-state index contributed by atoms with van der Waals surface area (Å²) >= 11 is 0.931. The lowest BCUT2D eigenvalue weighted by atomic mass is 9.98. The molecule has 0 saturated heterocycles. The highest BCUT2D eigenvalue weighted by Crippen LogP contribution is 2.34. The van der Waals surface area contributed by atoms with Gasteiger partial charge in [0.2, 0.25) is 0 Å². The van der Waals surface area contributed by atoms with Gasteiger partial charge in [-0.2, -0.15) is 8.78 Å². The van der Waals surface area contributed by atoms with Gasteiger partial charge in [0, 0.05) is 23.7 Å². The summed E-state index contributed by atoms with van der Waals surface area (Å²) in [5.74, 6) is -0.454. The molecule has 3 aromatic rings. The van der Waals surface area contributed by atoms with Crippen LogP contribution in [-0.4, -0.2) is 35.6 Å². The second-order valence-electron chi connectivity index (χ2n) is 7.88. The molecule has 0 unspecified atom stereocenters. The smallest absolute Gasteiger partial charge is 0.424 e. The number of ether oxygens (including phenoxy) is 1. The first-order valence-electron chi connectivity index (χ1n) is 11.2. The summed E-state index contributed by atoms with van der Waals surface area (Å²) in [6.07, 6.45) is 0. The van der Waals surface area contributed by atoms with Crippen LogP contribution in [0.5, 0.6) is 5.75 Å². The van der Waals surface area contributed by atoms with Crippen LogP contribution >= 0.6 is 22.6 Å². The van der Waals surface area contributed by atoms with E-state index < -0.39 is 10.0 Å². The summed E-state index contributed by atoms with van der Waals surface area (Å²) in [4.78, 5) is 22.8. The average Bonchev–Trinajstić information content (AvgIpc) is 2.87. The van der Waals surface area contributed by atoms with Crippen molar-refractivity contribution in [3.05, 3.63) is 89.0 Å². The monoisotopic (exact) mass is 621 g/mol. The van der Waals surface area contributed by atoms with Gasteiger partial charge in [-0.25, -0.2) is 0 Å². The topological polar surface area (TPSA) is 81.5 Å². The minimum absolute atomic E-state index is 0.000190. The van der Waals surface area contributed by atoms with Crippen molar-refractivity contribution in [1.29, 1.82) is 0 Å². The third-order valence-corrected chi connectivity index (χ3v) is 5.62. The first kappa shape index (κ1) is 28.0. The number of halogens is 3. The lowest BCUT2D eigenvalue weighted by Gasteiger charge is -2.16. The van der Waals surface area contributed by atoms with Gasteiger partial charge in [0.25, 0.3) is 5.91 Å². The highest BCUT2D eigenvalue weighted by atomic mass is 127. The fraction of sp³-hybridized carbons (Fsp3) is 0.222. The van der Waals surface area contributed by atoms with Gasteiger partial charge in [-0.1, -0.05) is 64.9 Å². The molecule has 1 N–H and O–H groups in total. The maximum Gasteiger partial charge on any atom is 0.451 e. The maximum absolute atomic E-state index is 13.8. The number of benzene rings is 3. The van der Waals surface area contributed by atoms with Crippen molar-refractivity contribution in [3.8, 4) is 16.9 Å². The van der Waals surface area contributed by atoms with Gasteiger partial charge in [-0.05, 0) is 42.7 Å². The van der Waals surface area contributed by atoms with E-state index in [1.165, 1.54) is 14.2 Å². The molecule has 0 radical (unpaired) electrons. The maximum atomic E-state index is 13.8. The number of likely N-dealkylation sites (N-methyl/N-ethyl adjacent to an activating group) is 1. The van der Waals surface area contributed by atoms with Crippen LogP contribution in [0.2, 0.25) is 0 Å². The van der Waals surface area contributed by atoms with Crippen LogP contribution in [0.4, 0.5) is 8.78 Å². The molecule has 0 aromatic heterocycles. The molecular weight excluding hydrogens is 595 g/mol. The molecule has 0 aliphatic rings. The number of hydrogen-bond acceptors (Lipinski definition) is 6. The first-order valence-corrected chi connectivity index (χ1v) is 12.3. The lowest BCUT2D eigenvalue weighted by molar-refractivity contribution is -0.114. The Morgan fingerprint density at radius 1 is 1.00 bits per heavy atom. The van der Waals surface area contributed by atoms with Crippen LogP contribution in [0.3, 0.4) is 0 Å². The van der Waals surface area contributed by atoms with Gasteiger partial charge in [-0.15, -0.1) is 0 Å². The standard InChI is InChI=1S/C27H26F2IN3O4/c1-17-9-8-12-22(25(33-35-4)26(34)31-3)23(17)16-36-32-18(2)21-14-13-20(19-10-6-5-7-11-19)15-24(21)37-27(28,29)30/h5-15H,16H2,1-4H3,(H,31,34)/b32-18+,33-25+. The highest BCUT2D eigenvalue weighted by Gasteiger charge is 2.28. The van der Waals surface area contributed by atoms with Crippen molar-refractivity contribution in [3.63, 3.8) is 0 Å². The van der Waals surface area contributed by atoms with Gasteiger partial charge < -0.3 is 19.7 Å². The van der Waals surface area contributed by atoms with Gasteiger partial charge in [0.1, 0.15) is 19.5 Å². The van der Waals surface area contributed by atoms with E-state index in [1.54, 1.807) is 37.3 Å². The molecule has 0 atom stereocenters. The number of alkyl halides is 3. The minimum Gasteiger partial charge on any atom is -0.424 e. The van der Waals surface area contributed by atoms with Crippen molar-refractivity contribution in [1.82, 2.24) is 5.32 Å². The number of oxime groups is 2. The van der Waals surface area contributed by atoms with Crippen LogP contribution in [0.25, 0.3) is 11.1 Å². The predicted octanol–water partition coefficient (Wildman–Crippen LogP) is 6.06. The summed E-state index contributed by atoms with van der Waals surface area (Å²) in [5, 5.41) is 10.6. The molecule has 10 heteroatoms. The normalized spacial score (nSPS) is 12.2. The van der Waals surface area contributed by atoms with E-state index in [9.17, 15) is 13.6 Å². The SMILES string of the molecule is CNC(=O)/C(=N/OC)c1cccc(C)c1CO/N=C(\C)c1ccc(-c2ccccc2)cc1OC(F)(F)I. The molecule has 194 valence electrons. The Kier molecular flexibility index (Phi) is 9.56. The fourth-order valence-electron chi connectivity index (χ4n) is 3.62. The van der Waals surface area contributed by atoms with Crippen LogP contribution in [0.1, 0.15) is 29.2 Å². The van der Waals surface area contributed by atoms with E-state index in [2.05, 4.69) is 15.6 Å². The van der Waals surface area contributed by atoms with Gasteiger partial charge >= 0.3 is 4.12 Å². The first-order chi connectivity index (χ1) is 17.6. The number of amides is 1. The van der Waals surface area contributed by atoms with Crippen LogP contribution in [0.15, 0.2) is 77.0 Å². The van der Waals surface area contributed by atoms with Crippen molar-refractivity contribution in [2.75, 3.05) is 14.2 Å². The Balaban J connectivity index is 1.92. The molecule has 0 aliphatic heterocycles. The van der Waals surface area contributed by atoms with Crippen LogP contribution < -0.4 is 10.1 Å². The molecule has 0 spiro atoms. The largest absolute Gasteiger partial charge is 0.451 e. The Labute approximate surface area is 227 Å². The molecule has 0 saturated carbocycles. The van der Waals surface area contributed by atoms with E-state index in [1.807, 2.05) is 43.3 Å². The predicted molar refractivity (Wildman–Crippen MR) is 147 cm³/mol. The zero-order valence-corrected chi connectivity index (χ0v) is 22.9. The second kappa shape index (κ2) is 12.6. The van der Waals surface area contributed by atoms with Crippen molar-refractivity contribution in [2.45, 2.75) is 24.6 Å². The van der Waals surface area contributed by atoms with E-state index in [-0.39, 0.29) is 18.1 Å². The fourth-order valence-corrected chi connectivity index (χ4v) is 3.86. The number of carbonyl (C=O) groups excluding carboxylic acids is 1. The molecule has 3 aromatic carbocycles. The molecule has 3 rings (SSSR count). The third-order valence-electron chi connectivity index (χ3n) is 5.40. The number of nitrogens with one attached hydrogen (secondary N) is 1. The minimum atomic E-state index is -3.42. The van der Waals surface area contributed by atoms with E-state index >= 15 is 0 Å². The summed E-state index contributed by atoms with van der Waals surface area (Å²) in [7, 11) is 2.85. The van der Waals surface area contributed by atoms with E-state index in [0.717, 1.165) is 39.3 Å². The number of nitrogens with zero attached hydrogens (tertiary/aromatic N) is 2. The van der Waals surface area contributed by atoms with Crippen LogP contribution in [-0.2, 0) is 21.1 Å². The van der Waals surface area contributed by atoms with Crippen LogP contribution in [0, 0.1) is 6.92 Å². The zero-order valence-electron chi connectivity index (χ0n) is 20.7. The quantitative estimate of drug-likeness (QED) is 0.129. The second-order valence-corrected chi connectivity index (χ2v) is 9.13. The number of hydrogen-bond donors (Lipinski definition) is 1. The molecule has 0 fully saturated rings. The summed E-state index contributed by atoms with van der Waals surface area (Å²) in [6, 6.07) is 19.8. The zero-order chi connectivity index (χ0) is 27.0. The van der Waals surface area contributed by atoms with E-state index in [0.29, 0.717) is 22.4 Å². The number of carbonyl (C=O) groups is 1. The Morgan fingerprint density at radius 3 is 2.38 bits per heavy atom.